The molecular weight excluding hydrogens is 288 g/mol. The lowest BCUT2D eigenvalue weighted by Crippen LogP contribution is -2.25. The number of nitrogens with zero attached hydrogens (tertiary/aromatic N) is 1. The maximum atomic E-state index is 12.0. The van der Waals surface area contributed by atoms with E-state index in [2.05, 4.69) is 15.6 Å². The zero-order valence-corrected chi connectivity index (χ0v) is 12.8. The minimum Gasteiger partial charge on any atom is -0.497 e. The number of carbonyl (C=O) groups excluding carboxylic acids is 1. The van der Waals surface area contributed by atoms with E-state index >= 15 is 0 Å². The second kappa shape index (κ2) is 6.94. The Morgan fingerprint density at radius 2 is 2.29 bits per heavy atom. The number of thiazole rings is 1. The van der Waals surface area contributed by atoms with Crippen LogP contribution < -0.4 is 21.1 Å². The molecule has 1 aromatic heterocycles. The van der Waals surface area contributed by atoms with E-state index in [1.165, 1.54) is 11.3 Å². The fourth-order valence-corrected chi connectivity index (χ4v) is 2.58. The van der Waals surface area contributed by atoms with E-state index in [-0.39, 0.29) is 11.7 Å². The number of anilines is 2. The number of nitrogens with two attached hydrogens (primary N) is 1. The number of nitrogens with one attached hydrogen (secondary N) is 2. The van der Waals surface area contributed by atoms with Gasteiger partial charge in [0, 0.05) is 13.6 Å². The van der Waals surface area contributed by atoms with Crippen LogP contribution in [0.1, 0.15) is 15.2 Å². The fraction of sp³-hybridized carbons (Fsp3) is 0.286. The third-order valence-electron chi connectivity index (χ3n) is 2.91. The molecule has 0 radical (unpaired) electrons. The molecule has 0 fully saturated rings. The lowest BCUT2D eigenvalue weighted by molar-refractivity contribution is 0.0959. The average Bonchev–Trinajstić information content (AvgIpc) is 2.88. The van der Waals surface area contributed by atoms with Crippen molar-refractivity contribution in [1.82, 2.24) is 10.3 Å². The molecule has 1 heterocycles. The summed E-state index contributed by atoms with van der Waals surface area (Å²) >= 11 is 1.24. The number of aromatic nitrogens is 1. The summed E-state index contributed by atoms with van der Waals surface area (Å²) in [5.41, 5.74) is 6.82. The standard InChI is InChI=1S/C14H18N4O2S/c1-16-14-18-12(15)11(21-14)13(19)17-7-6-9-4-3-5-10(8-9)20-2/h3-5,8H,6-7,15H2,1-2H3,(H,16,18)(H,17,19). The van der Waals surface area contributed by atoms with Crippen molar-refractivity contribution in [3.8, 4) is 5.75 Å². The van der Waals surface area contributed by atoms with Crippen LogP contribution in [0, 0.1) is 0 Å². The molecule has 0 atom stereocenters. The first-order chi connectivity index (χ1) is 10.1. The summed E-state index contributed by atoms with van der Waals surface area (Å²) in [7, 11) is 3.37. The van der Waals surface area contributed by atoms with Gasteiger partial charge < -0.3 is 21.1 Å². The molecule has 2 aromatic rings. The van der Waals surface area contributed by atoms with Gasteiger partial charge >= 0.3 is 0 Å². The van der Waals surface area contributed by atoms with Gasteiger partial charge in [0.05, 0.1) is 7.11 Å². The molecular formula is C14H18N4O2S. The number of hydrogen-bond acceptors (Lipinski definition) is 6. The number of nitrogen functional groups attached to an aromatic ring is 1. The molecule has 0 bridgehead atoms. The van der Waals surface area contributed by atoms with Gasteiger partial charge in [-0.25, -0.2) is 4.98 Å². The van der Waals surface area contributed by atoms with E-state index in [1.807, 2.05) is 24.3 Å². The smallest absolute Gasteiger partial charge is 0.265 e. The summed E-state index contributed by atoms with van der Waals surface area (Å²) in [6, 6.07) is 7.76. The van der Waals surface area contributed by atoms with Crippen molar-refractivity contribution in [2.45, 2.75) is 6.42 Å². The van der Waals surface area contributed by atoms with E-state index in [9.17, 15) is 4.79 Å². The Hall–Kier alpha value is -2.28. The highest BCUT2D eigenvalue weighted by Gasteiger charge is 2.15. The van der Waals surface area contributed by atoms with Gasteiger partial charge in [0.1, 0.15) is 16.4 Å². The molecule has 0 aliphatic heterocycles. The molecule has 2 rings (SSSR count). The first kappa shape index (κ1) is 15.1. The summed E-state index contributed by atoms with van der Waals surface area (Å²) in [4.78, 5) is 16.5. The molecule has 0 unspecified atom stereocenters. The molecule has 0 saturated heterocycles. The van der Waals surface area contributed by atoms with Crippen molar-refractivity contribution in [3.63, 3.8) is 0 Å². The third kappa shape index (κ3) is 3.85. The van der Waals surface area contributed by atoms with Crippen LogP contribution >= 0.6 is 11.3 Å². The Labute approximate surface area is 127 Å². The third-order valence-corrected chi connectivity index (χ3v) is 3.99. The number of methoxy groups -OCH3 is 1. The molecule has 112 valence electrons. The van der Waals surface area contributed by atoms with Crippen molar-refractivity contribution in [2.75, 3.05) is 31.8 Å². The van der Waals surface area contributed by atoms with Gasteiger partial charge in [-0.2, -0.15) is 0 Å². The van der Waals surface area contributed by atoms with E-state index in [4.69, 9.17) is 10.5 Å². The first-order valence-electron chi connectivity index (χ1n) is 6.49. The van der Waals surface area contributed by atoms with Crippen molar-refractivity contribution in [2.24, 2.45) is 0 Å². The first-order valence-corrected chi connectivity index (χ1v) is 7.31. The van der Waals surface area contributed by atoms with Crippen LogP contribution in [0.4, 0.5) is 10.9 Å². The number of rotatable bonds is 6. The Morgan fingerprint density at radius 3 is 2.95 bits per heavy atom. The van der Waals surface area contributed by atoms with Crippen LogP contribution in [-0.4, -0.2) is 31.6 Å². The fourth-order valence-electron chi connectivity index (χ4n) is 1.83. The SMILES string of the molecule is CNc1nc(N)c(C(=O)NCCc2cccc(OC)c2)s1. The highest BCUT2D eigenvalue weighted by atomic mass is 32.1. The van der Waals surface area contributed by atoms with E-state index < -0.39 is 0 Å². The van der Waals surface area contributed by atoms with Gasteiger partial charge in [-0.3, -0.25) is 4.79 Å². The molecule has 0 aliphatic carbocycles. The quantitative estimate of drug-likeness (QED) is 0.756. The number of benzene rings is 1. The van der Waals surface area contributed by atoms with Crippen molar-refractivity contribution >= 4 is 28.2 Å². The Balaban J connectivity index is 1.90. The highest BCUT2D eigenvalue weighted by molar-refractivity contribution is 7.18. The molecule has 0 aliphatic rings. The summed E-state index contributed by atoms with van der Waals surface area (Å²) in [6.07, 6.45) is 0.723. The van der Waals surface area contributed by atoms with Crippen LogP contribution in [0.3, 0.4) is 0 Å². The molecule has 0 saturated carbocycles. The van der Waals surface area contributed by atoms with Crippen molar-refractivity contribution < 1.29 is 9.53 Å². The molecule has 4 N–H and O–H groups in total. The Morgan fingerprint density at radius 1 is 1.48 bits per heavy atom. The molecule has 6 nitrogen and oxygen atoms in total. The minimum atomic E-state index is -0.200. The largest absolute Gasteiger partial charge is 0.497 e. The van der Waals surface area contributed by atoms with E-state index in [1.54, 1.807) is 14.2 Å². The molecule has 1 amide bonds. The lowest BCUT2D eigenvalue weighted by Gasteiger charge is -2.06. The summed E-state index contributed by atoms with van der Waals surface area (Å²) in [5, 5.41) is 6.35. The number of hydrogen-bond donors (Lipinski definition) is 3. The summed E-state index contributed by atoms with van der Waals surface area (Å²) < 4.78 is 5.17. The monoisotopic (exact) mass is 306 g/mol. The van der Waals surface area contributed by atoms with Gasteiger partial charge in [-0.05, 0) is 24.1 Å². The molecule has 1 aromatic carbocycles. The maximum Gasteiger partial charge on any atom is 0.265 e. The summed E-state index contributed by atoms with van der Waals surface area (Å²) in [6.45, 7) is 0.526. The van der Waals surface area contributed by atoms with Gasteiger partial charge in [0.2, 0.25) is 0 Å². The van der Waals surface area contributed by atoms with Crippen LogP contribution in [0.25, 0.3) is 0 Å². The van der Waals surface area contributed by atoms with Crippen LogP contribution in [0.15, 0.2) is 24.3 Å². The minimum absolute atomic E-state index is 0.200. The van der Waals surface area contributed by atoms with Gasteiger partial charge in [-0.15, -0.1) is 0 Å². The van der Waals surface area contributed by atoms with E-state index in [0.717, 1.165) is 17.7 Å². The van der Waals surface area contributed by atoms with Crippen molar-refractivity contribution in [3.05, 3.63) is 34.7 Å². The summed E-state index contributed by atoms with van der Waals surface area (Å²) in [5.74, 6) is 0.863. The maximum absolute atomic E-state index is 12.0. The van der Waals surface area contributed by atoms with Gasteiger partial charge in [0.15, 0.2) is 5.13 Å². The van der Waals surface area contributed by atoms with Gasteiger partial charge in [0.25, 0.3) is 5.91 Å². The zero-order chi connectivity index (χ0) is 15.2. The zero-order valence-electron chi connectivity index (χ0n) is 12.0. The van der Waals surface area contributed by atoms with Crippen LogP contribution in [-0.2, 0) is 6.42 Å². The van der Waals surface area contributed by atoms with Crippen LogP contribution in [0.2, 0.25) is 0 Å². The predicted octanol–water partition coefficient (Wildman–Crippen LogP) is 1.75. The topological polar surface area (TPSA) is 89.3 Å². The highest BCUT2D eigenvalue weighted by Crippen LogP contribution is 2.24. The Kier molecular flexibility index (Phi) is 4.99. The van der Waals surface area contributed by atoms with E-state index in [0.29, 0.717) is 16.6 Å². The number of amides is 1. The molecule has 21 heavy (non-hydrogen) atoms. The Bertz CT molecular complexity index is 627. The number of ether oxygens (including phenoxy) is 1. The van der Waals surface area contributed by atoms with Crippen molar-refractivity contribution in [1.29, 1.82) is 0 Å². The second-order valence-electron chi connectivity index (χ2n) is 4.34. The number of carbonyl (C=O) groups is 1. The molecule has 0 spiro atoms. The van der Waals surface area contributed by atoms with Gasteiger partial charge in [-0.1, -0.05) is 23.5 Å². The normalized spacial score (nSPS) is 10.2. The average molecular weight is 306 g/mol. The van der Waals surface area contributed by atoms with Crippen LogP contribution in [0.5, 0.6) is 5.75 Å². The molecule has 7 heteroatoms. The predicted molar refractivity (Wildman–Crippen MR) is 85.1 cm³/mol. The lowest BCUT2D eigenvalue weighted by atomic mass is 10.1. The second-order valence-corrected chi connectivity index (χ2v) is 5.34.